The Morgan fingerprint density at radius 1 is 1.73 bits per heavy atom. The van der Waals surface area contributed by atoms with Gasteiger partial charge in [0.25, 0.3) is 0 Å². The first-order valence-corrected chi connectivity index (χ1v) is 3.40. The van der Waals surface area contributed by atoms with Crippen LogP contribution in [0.5, 0.6) is 0 Å². The van der Waals surface area contributed by atoms with Gasteiger partial charge in [0.15, 0.2) is 0 Å². The maximum atomic E-state index is 8.67. The fraction of sp³-hybridized carbons (Fsp3) is 0.222. The molecule has 0 unspecified atom stereocenters. The van der Waals surface area contributed by atoms with Crippen molar-refractivity contribution < 1.29 is 0 Å². The van der Waals surface area contributed by atoms with Gasteiger partial charge in [-0.3, -0.25) is 0 Å². The van der Waals surface area contributed by atoms with Crippen molar-refractivity contribution >= 4 is 5.57 Å². The number of allylic oxidation sites excluding steroid dienone is 1. The largest absolute Gasteiger partial charge is 0.363 e. The third-order valence-electron chi connectivity index (χ3n) is 1.62. The molecule has 0 saturated heterocycles. The number of hydrogen-bond acceptors (Lipinski definition) is 1. The van der Waals surface area contributed by atoms with Crippen LogP contribution >= 0.6 is 0 Å². The summed E-state index contributed by atoms with van der Waals surface area (Å²) in [5.41, 5.74) is 3.57. The first-order chi connectivity index (χ1) is 5.16. The van der Waals surface area contributed by atoms with Gasteiger partial charge in [-0.05, 0) is 19.4 Å². The van der Waals surface area contributed by atoms with Crippen molar-refractivity contribution in [3.63, 3.8) is 0 Å². The van der Waals surface area contributed by atoms with Crippen LogP contribution in [0.3, 0.4) is 0 Å². The fourth-order valence-electron chi connectivity index (χ4n) is 1.16. The van der Waals surface area contributed by atoms with E-state index in [1.54, 1.807) is 6.20 Å². The lowest BCUT2D eigenvalue weighted by Gasteiger charge is -1.96. The normalized spacial score (nSPS) is 9.18. The lowest BCUT2D eigenvalue weighted by Crippen LogP contribution is -1.82. The SMILES string of the molecule is C=C(C)c1c(C#N)c[nH]c1C. The van der Waals surface area contributed by atoms with Crippen LogP contribution < -0.4 is 0 Å². The Morgan fingerprint density at radius 3 is 2.73 bits per heavy atom. The van der Waals surface area contributed by atoms with Crippen LogP contribution in [0, 0.1) is 18.3 Å². The number of nitriles is 1. The molecule has 1 aromatic rings. The molecule has 2 heteroatoms. The highest BCUT2D eigenvalue weighted by molar-refractivity contribution is 5.69. The molecule has 0 aliphatic carbocycles. The van der Waals surface area contributed by atoms with Gasteiger partial charge in [0.1, 0.15) is 6.07 Å². The van der Waals surface area contributed by atoms with E-state index in [1.807, 2.05) is 13.8 Å². The van der Waals surface area contributed by atoms with E-state index in [0.29, 0.717) is 5.56 Å². The number of aromatic amines is 1. The molecular weight excluding hydrogens is 136 g/mol. The molecule has 11 heavy (non-hydrogen) atoms. The third-order valence-corrected chi connectivity index (χ3v) is 1.62. The summed E-state index contributed by atoms with van der Waals surface area (Å²) in [6.45, 7) is 7.63. The Bertz CT molecular complexity index is 326. The standard InChI is InChI=1S/C9H10N2/c1-6(2)9-7(3)11-5-8(9)4-10/h5,11H,1H2,2-3H3. The summed E-state index contributed by atoms with van der Waals surface area (Å²) in [7, 11) is 0. The maximum absolute atomic E-state index is 8.67. The van der Waals surface area contributed by atoms with Crippen molar-refractivity contribution in [2.24, 2.45) is 0 Å². The number of nitrogens with zero attached hydrogens (tertiary/aromatic N) is 1. The molecule has 0 radical (unpaired) electrons. The Hall–Kier alpha value is -1.49. The van der Waals surface area contributed by atoms with Crippen LogP contribution in [0.4, 0.5) is 0 Å². The summed E-state index contributed by atoms with van der Waals surface area (Å²) in [6.07, 6.45) is 1.71. The minimum atomic E-state index is 0.676. The van der Waals surface area contributed by atoms with Gasteiger partial charge in [-0.1, -0.05) is 6.58 Å². The van der Waals surface area contributed by atoms with Crippen LogP contribution in [-0.4, -0.2) is 4.98 Å². The van der Waals surface area contributed by atoms with Gasteiger partial charge >= 0.3 is 0 Å². The van der Waals surface area contributed by atoms with E-state index < -0.39 is 0 Å². The van der Waals surface area contributed by atoms with E-state index in [2.05, 4.69) is 17.6 Å². The highest BCUT2D eigenvalue weighted by Crippen LogP contribution is 2.19. The quantitative estimate of drug-likeness (QED) is 0.648. The fourth-order valence-corrected chi connectivity index (χ4v) is 1.16. The summed E-state index contributed by atoms with van der Waals surface area (Å²) in [6, 6.07) is 2.11. The molecule has 0 aromatic carbocycles. The second-order valence-electron chi connectivity index (χ2n) is 2.59. The summed E-state index contributed by atoms with van der Waals surface area (Å²) >= 11 is 0. The second-order valence-corrected chi connectivity index (χ2v) is 2.59. The summed E-state index contributed by atoms with van der Waals surface area (Å²) < 4.78 is 0. The monoisotopic (exact) mass is 146 g/mol. The van der Waals surface area contributed by atoms with Crippen LogP contribution in [0.25, 0.3) is 5.57 Å². The molecule has 0 spiro atoms. The van der Waals surface area contributed by atoms with Crippen molar-refractivity contribution in [3.05, 3.63) is 29.6 Å². The topological polar surface area (TPSA) is 39.6 Å². The zero-order chi connectivity index (χ0) is 8.43. The summed E-state index contributed by atoms with van der Waals surface area (Å²) in [5, 5.41) is 8.67. The lowest BCUT2D eigenvalue weighted by molar-refractivity contribution is 1.25. The number of aromatic nitrogens is 1. The van der Waals surface area contributed by atoms with Gasteiger partial charge in [-0.25, -0.2) is 0 Å². The molecule has 0 saturated carbocycles. The molecule has 2 nitrogen and oxygen atoms in total. The van der Waals surface area contributed by atoms with Crippen molar-refractivity contribution in [2.75, 3.05) is 0 Å². The Labute approximate surface area is 66.2 Å². The second kappa shape index (κ2) is 2.63. The molecule has 0 atom stereocenters. The van der Waals surface area contributed by atoms with Crippen LogP contribution in [-0.2, 0) is 0 Å². The Balaban J connectivity index is 3.32. The number of hydrogen-bond donors (Lipinski definition) is 1. The molecule has 1 rings (SSSR count). The molecular formula is C9H10N2. The average Bonchev–Trinajstić information content (AvgIpc) is 2.30. The van der Waals surface area contributed by atoms with E-state index in [9.17, 15) is 0 Å². The van der Waals surface area contributed by atoms with E-state index in [4.69, 9.17) is 5.26 Å². The maximum Gasteiger partial charge on any atom is 0.101 e. The van der Waals surface area contributed by atoms with E-state index in [0.717, 1.165) is 16.8 Å². The van der Waals surface area contributed by atoms with E-state index in [-0.39, 0.29) is 0 Å². The summed E-state index contributed by atoms with van der Waals surface area (Å²) in [5.74, 6) is 0. The molecule has 0 bridgehead atoms. The van der Waals surface area contributed by atoms with Crippen LogP contribution in [0.2, 0.25) is 0 Å². The molecule has 0 fully saturated rings. The van der Waals surface area contributed by atoms with Gasteiger partial charge in [-0.15, -0.1) is 0 Å². The van der Waals surface area contributed by atoms with Gasteiger partial charge < -0.3 is 4.98 Å². The molecule has 1 aromatic heterocycles. The number of H-pyrrole nitrogens is 1. The van der Waals surface area contributed by atoms with E-state index in [1.165, 1.54) is 0 Å². The van der Waals surface area contributed by atoms with Crippen LogP contribution in [0.1, 0.15) is 23.7 Å². The highest BCUT2D eigenvalue weighted by Gasteiger charge is 2.06. The van der Waals surface area contributed by atoms with Gasteiger partial charge in [0, 0.05) is 17.5 Å². The van der Waals surface area contributed by atoms with Crippen molar-refractivity contribution in [1.29, 1.82) is 5.26 Å². The molecule has 1 heterocycles. The van der Waals surface area contributed by atoms with Crippen molar-refractivity contribution in [3.8, 4) is 6.07 Å². The predicted octanol–water partition coefficient (Wildman–Crippen LogP) is 2.23. The Kier molecular flexibility index (Phi) is 1.82. The first-order valence-electron chi connectivity index (χ1n) is 3.40. The smallest absolute Gasteiger partial charge is 0.101 e. The number of aryl methyl sites for hydroxylation is 1. The zero-order valence-corrected chi connectivity index (χ0v) is 6.73. The molecule has 0 aliphatic rings. The summed E-state index contributed by atoms with van der Waals surface area (Å²) in [4.78, 5) is 2.99. The van der Waals surface area contributed by atoms with Gasteiger partial charge in [0.05, 0.1) is 5.56 Å². The van der Waals surface area contributed by atoms with Gasteiger partial charge in [0.2, 0.25) is 0 Å². The number of nitrogens with one attached hydrogen (secondary N) is 1. The van der Waals surface area contributed by atoms with Crippen molar-refractivity contribution in [2.45, 2.75) is 13.8 Å². The highest BCUT2D eigenvalue weighted by atomic mass is 14.7. The minimum absolute atomic E-state index is 0.676. The van der Waals surface area contributed by atoms with Crippen molar-refractivity contribution in [1.82, 2.24) is 4.98 Å². The van der Waals surface area contributed by atoms with Gasteiger partial charge in [-0.2, -0.15) is 5.26 Å². The van der Waals surface area contributed by atoms with E-state index >= 15 is 0 Å². The molecule has 56 valence electrons. The number of rotatable bonds is 1. The molecule has 0 amide bonds. The first kappa shape index (κ1) is 7.62. The zero-order valence-electron chi connectivity index (χ0n) is 6.73. The molecule has 1 N–H and O–H groups in total. The third kappa shape index (κ3) is 1.18. The average molecular weight is 146 g/mol. The minimum Gasteiger partial charge on any atom is -0.363 e. The lowest BCUT2D eigenvalue weighted by atomic mass is 10.1. The molecule has 0 aliphatic heterocycles. The Morgan fingerprint density at radius 2 is 2.36 bits per heavy atom. The van der Waals surface area contributed by atoms with Crippen LogP contribution in [0.15, 0.2) is 12.8 Å². The predicted molar refractivity (Wildman–Crippen MR) is 45.0 cm³/mol.